The van der Waals surface area contributed by atoms with Crippen molar-refractivity contribution in [3.8, 4) is 0 Å². The fraction of sp³-hybridized carbons (Fsp3) is 0.636. The van der Waals surface area contributed by atoms with Gasteiger partial charge in [-0.25, -0.2) is 0 Å². The molecule has 0 atom stereocenters. The highest BCUT2D eigenvalue weighted by atomic mass is 32.2. The molecule has 1 aromatic heterocycles. The van der Waals surface area contributed by atoms with Crippen molar-refractivity contribution in [2.75, 3.05) is 6.54 Å². The van der Waals surface area contributed by atoms with Crippen molar-refractivity contribution >= 4 is 11.8 Å². The number of hydrogen-bond acceptors (Lipinski definition) is 3. The number of thioether (sulfide) groups is 1. The number of rotatable bonds is 7. The molecule has 1 aliphatic carbocycles. The van der Waals surface area contributed by atoms with Crippen molar-refractivity contribution in [1.82, 2.24) is 5.32 Å². The molecule has 1 heterocycles. The average molecular weight is 247 g/mol. The Morgan fingerprint density at radius 2 is 2.12 bits per heavy atom. The van der Waals surface area contributed by atoms with Gasteiger partial charge in [-0.3, -0.25) is 0 Å². The summed E-state index contributed by atoms with van der Waals surface area (Å²) in [6, 6.07) is 3.62. The Morgan fingerprint density at radius 1 is 1.38 bits per heavy atom. The molecule has 0 radical (unpaired) electrons. The van der Waals surface area contributed by atoms with Gasteiger partial charge in [-0.05, 0) is 37.4 Å². The van der Waals surface area contributed by atoms with Crippen molar-refractivity contribution in [1.29, 1.82) is 0 Å². The number of furan rings is 1. The van der Waals surface area contributed by atoms with E-state index in [1.165, 1.54) is 12.8 Å². The van der Waals surface area contributed by atoms with Gasteiger partial charge in [0, 0.05) is 0 Å². The van der Waals surface area contributed by atoms with Crippen LogP contribution in [-0.4, -0.2) is 12.3 Å². The van der Waals surface area contributed by atoms with Crippen LogP contribution in [-0.2, 0) is 12.3 Å². The lowest BCUT2D eigenvalue weighted by Gasteiger charge is -2.00. The lowest BCUT2D eigenvalue weighted by Crippen LogP contribution is -2.15. The van der Waals surface area contributed by atoms with E-state index in [-0.39, 0.29) is 5.75 Å². The van der Waals surface area contributed by atoms with Gasteiger partial charge in [0.15, 0.2) is 0 Å². The Bertz CT molecular complexity index is 326. The Kier molecular flexibility index (Phi) is 4.23. The molecule has 0 amide bonds. The molecular formula is C11H15F2NOS. The predicted octanol–water partition coefficient (Wildman–Crippen LogP) is 3.24. The third-order valence-electron chi connectivity index (χ3n) is 2.50. The third kappa shape index (κ3) is 4.14. The highest BCUT2D eigenvalue weighted by molar-refractivity contribution is 7.98. The molecule has 16 heavy (non-hydrogen) atoms. The summed E-state index contributed by atoms with van der Waals surface area (Å²) in [5.74, 6) is 0.185. The molecule has 0 aromatic carbocycles. The maximum absolute atomic E-state index is 11.9. The first-order chi connectivity index (χ1) is 7.74. The maximum atomic E-state index is 11.9. The molecule has 0 bridgehead atoms. The van der Waals surface area contributed by atoms with Crippen molar-refractivity contribution in [2.45, 2.75) is 30.9 Å². The quantitative estimate of drug-likeness (QED) is 0.800. The monoisotopic (exact) mass is 247 g/mol. The van der Waals surface area contributed by atoms with Gasteiger partial charge in [0.2, 0.25) is 0 Å². The molecule has 2 nitrogen and oxygen atoms in total. The van der Waals surface area contributed by atoms with Crippen LogP contribution in [0.1, 0.15) is 24.4 Å². The van der Waals surface area contributed by atoms with E-state index >= 15 is 0 Å². The molecule has 5 heteroatoms. The molecule has 1 aliphatic rings. The zero-order chi connectivity index (χ0) is 11.4. The van der Waals surface area contributed by atoms with E-state index in [9.17, 15) is 8.78 Å². The summed E-state index contributed by atoms with van der Waals surface area (Å²) in [6.45, 7) is 1.72. The minimum atomic E-state index is -2.33. The maximum Gasteiger partial charge on any atom is 0.284 e. The van der Waals surface area contributed by atoms with Crippen LogP contribution in [0.4, 0.5) is 8.78 Å². The van der Waals surface area contributed by atoms with E-state index in [1.54, 1.807) is 6.07 Å². The van der Waals surface area contributed by atoms with Crippen molar-refractivity contribution < 1.29 is 13.2 Å². The minimum absolute atomic E-state index is 0.236. The Morgan fingerprint density at radius 3 is 2.81 bits per heavy atom. The summed E-state index contributed by atoms with van der Waals surface area (Å²) >= 11 is 0.589. The number of hydrogen-bond donors (Lipinski definition) is 1. The highest BCUT2D eigenvalue weighted by Crippen LogP contribution is 2.27. The minimum Gasteiger partial charge on any atom is -0.464 e. The van der Waals surface area contributed by atoms with Crippen molar-refractivity contribution in [3.63, 3.8) is 0 Å². The summed E-state index contributed by atoms with van der Waals surface area (Å²) in [7, 11) is 0. The van der Waals surface area contributed by atoms with E-state index in [0.717, 1.165) is 18.2 Å². The summed E-state index contributed by atoms with van der Waals surface area (Å²) in [4.78, 5) is 0. The zero-order valence-corrected chi connectivity index (χ0v) is 9.73. The van der Waals surface area contributed by atoms with E-state index in [1.807, 2.05) is 6.07 Å². The summed E-state index contributed by atoms with van der Waals surface area (Å²) in [5.41, 5.74) is 0. The standard InChI is InChI=1S/C11H15F2NOS/c12-11(13)16-7-10-4-3-9(15-10)6-14-5-8-1-2-8/h3-4,8,11,14H,1-2,5-7H2. The molecular weight excluding hydrogens is 232 g/mol. The smallest absolute Gasteiger partial charge is 0.284 e. The second kappa shape index (κ2) is 5.68. The van der Waals surface area contributed by atoms with Gasteiger partial charge in [-0.2, -0.15) is 8.78 Å². The van der Waals surface area contributed by atoms with E-state index in [2.05, 4.69) is 5.32 Å². The first-order valence-electron chi connectivity index (χ1n) is 5.42. The molecule has 1 fully saturated rings. The van der Waals surface area contributed by atoms with Gasteiger partial charge in [0.25, 0.3) is 5.76 Å². The second-order valence-electron chi connectivity index (χ2n) is 4.01. The zero-order valence-electron chi connectivity index (χ0n) is 8.92. The van der Waals surface area contributed by atoms with Gasteiger partial charge in [-0.15, -0.1) is 0 Å². The molecule has 0 saturated heterocycles. The van der Waals surface area contributed by atoms with Crippen LogP contribution in [0.3, 0.4) is 0 Å². The normalized spacial score (nSPS) is 15.9. The Hall–Kier alpha value is -0.550. The van der Waals surface area contributed by atoms with Gasteiger partial charge < -0.3 is 9.73 Å². The van der Waals surface area contributed by atoms with E-state index in [0.29, 0.717) is 24.1 Å². The molecule has 0 spiro atoms. The first kappa shape index (κ1) is 11.9. The first-order valence-corrected chi connectivity index (χ1v) is 6.47. The van der Waals surface area contributed by atoms with Crippen LogP contribution in [0, 0.1) is 5.92 Å². The SMILES string of the molecule is FC(F)SCc1ccc(CNCC2CC2)o1. The van der Waals surface area contributed by atoms with Crippen LogP contribution in [0.25, 0.3) is 0 Å². The number of halogens is 2. The van der Waals surface area contributed by atoms with Crippen LogP contribution < -0.4 is 5.32 Å². The fourth-order valence-corrected chi connectivity index (χ4v) is 1.91. The average Bonchev–Trinajstić information content (AvgIpc) is 2.94. The molecule has 1 saturated carbocycles. The number of nitrogens with one attached hydrogen (secondary N) is 1. The summed E-state index contributed by atoms with van der Waals surface area (Å²) < 4.78 is 29.3. The van der Waals surface area contributed by atoms with Crippen molar-refractivity contribution in [3.05, 3.63) is 23.7 Å². The topological polar surface area (TPSA) is 25.2 Å². The Balaban J connectivity index is 1.68. The third-order valence-corrected chi connectivity index (χ3v) is 3.20. The summed E-state index contributed by atoms with van der Waals surface area (Å²) in [5, 5.41) is 3.29. The van der Waals surface area contributed by atoms with Gasteiger partial charge in [0.1, 0.15) is 11.5 Å². The van der Waals surface area contributed by atoms with Crippen LogP contribution in [0.2, 0.25) is 0 Å². The van der Waals surface area contributed by atoms with Gasteiger partial charge in [0.05, 0.1) is 12.3 Å². The molecule has 2 rings (SSSR count). The van der Waals surface area contributed by atoms with Crippen LogP contribution in [0.5, 0.6) is 0 Å². The van der Waals surface area contributed by atoms with Crippen molar-refractivity contribution in [2.24, 2.45) is 5.92 Å². The lowest BCUT2D eigenvalue weighted by molar-refractivity contribution is 0.251. The number of alkyl halides is 2. The Labute approximate surface area is 97.8 Å². The van der Waals surface area contributed by atoms with Gasteiger partial charge >= 0.3 is 0 Å². The van der Waals surface area contributed by atoms with E-state index in [4.69, 9.17) is 4.42 Å². The van der Waals surface area contributed by atoms with E-state index < -0.39 is 5.76 Å². The molecule has 0 unspecified atom stereocenters. The fourth-order valence-electron chi connectivity index (χ4n) is 1.46. The van der Waals surface area contributed by atoms with Crippen LogP contribution >= 0.6 is 11.8 Å². The lowest BCUT2D eigenvalue weighted by atomic mass is 10.4. The summed E-state index contributed by atoms with van der Waals surface area (Å²) in [6.07, 6.45) is 2.64. The van der Waals surface area contributed by atoms with Gasteiger partial charge in [-0.1, -0.05) is 11.8 Å². The largest absolute Gasteiger partial charge is 0.464 e. The molecule has 90 valence electrons. The molecule has 1 N–H and O–H groups in total. The predicted molar refractivity (Wildman–Crippen MR) is 60.4 cm³/mol. The molecule has 0 aliphatic heterocycles. The highest BCUT2D eigenvalue weighted by Gasteiger charge is 2.20. The second-order valence-corrected chi connectivity index (χ2v) is 4.99. The van der Waals surface area contributed by atoms with Crippen LogP contribution in [0.15, 0.2) is 16.5 Å². The molecule has 1 aromatic rings.